The average molecular weight is 335 g/mol. The third-order valence-electron chi connectivity index (χ3n) is 3.82. The van der Waals surface area contributed by atoms with Crippen LogP contribution >= 0.6 is 0 Å². The Balaban J connectivity index is 1.85. The third kappa shape index (κ3) is 5.50. The highest BCUT2D eigenvalue weighted by Crippen LogP contribution is 2.12. The van der Waals surface area contributed by atoms with Crippen molar-refractivity contribution in [3.05, 3.63) is 29.8 Å². The van der Waals surface area contributed by atoms with E-state index in [1.807, 2.05) is 6.92 Å². The van der Waals surface area contributed by atoms with E-state index in [2.05, 4.69) is 10.6 Å². The van der Waals surface area contributed by atoms with Gasteiger partial charge in [-0.1, -0.05) is 0 Å². The molecular weight excluding hydrogens is 310 g/mol. The number of hydrogen-bond donors (Lipinski definition) is 2. The van der Waals surface area contributed by atoms with Gasteiger partial charge in [0, 0.05) is 44.1 Å². The highest BCUT2D eigenvalue weighted by atomic mass is 16.5. The van der Waals surface area contributed by atoms with Gasteiger partial charge >= 0.3 is 6.03 Å². The molecule has 3 amide bonds. The molecule has 0 saturated carbocycles. The summed E-state index contributed by atoms with van der Waals surface area (Å²) in [4.78, 5) is 26.0. The van der Waals surface area contributed by atoms with E-state index < -0.39 is 0 Å². The number of urea groups is 1. The van der Waals surface area contributed by atoms with Crippen molar-refractivity contribution in [1.29, 1.82) is 0 Å². The second-order valence-electron chi connectivity index (χ2n) is 5.76. The third-order valence-corrected chi connectivity index (χ3v) is 3.82. The number of morpholine rings is 1. The summed E-state index contributed by atoms with van der Waals surface area (Å²) in [5, 5.41) is 5.59. The second-order valence-corrected chi connectivity index (χ2v) is 5.76. The van der Waals surface area contributed by atoms with Crippen LogP contribution in [0, 0.1) is 0 Å². The van der Waals surface area contributed by atoms with Crippen LogP contribution in [0.25, 0.3) is 0 Å². The second kappa shape index (κ2) is 9.24. The molecule has 1 aromatic rings. The average Bonchev–Trinajstić information content (AvgIpc) is 2.60. The molecule has 132 valence electrons. The van der Waals surface area contributed by atoms with Crippen LogP contribution in [0.5, 0.6) is 0 Å². The Morgan fingerprint density at radius 3 is 2.54 bits per heavy atom. The molecule has 0 aliphatic carbocycles. The number of amides is 3. The molecule has 0 radical (unpaired) electrons. The molecule has 24 heavy (non-hydrogen) atoms. The lowest BCUT2D eigenvalue weighted by molar-refractivity contribution is 0.0303. The van der Waals surface area contributed by atoms with Gasteiger partial charge < -0.3 is 25.0 Å². The molecule has 1 atom stereocenters. The van der Waals surface area contributed by atoms with E-state index in [0.717, 1.165) is 6.42 Å². The molecule has 1 aliphatic heterocycles. The molecule has 1 heterocycles. The van der Waals surface area contributed by atoms with Crippen LogP contribution < -0.4 is 10.6 Å². The van der Waals surface area contributed by atoms with Gasteiger partial charge in [0.25, 0.3) is 5.91 Å². The van der Waals surface area contributed by atoms with E-state index in [9.17, 15) is 9.59 Å². The molecule has 2 rings (SSSR count). The first-order valence-corrected chi connectivity index (χ1v) is 8.13. The number of nitrogens with zero attached hydrogens (tertiary/aromatic N) is 1. The van der Waals surface area contributed by atoms with Gasteiger partial charge in [0.1, 0.15) is 0 Å². The van der Waals surface area contributed by atoms with E-state index in [1.165, 1.54) is 0 Å². The van der Waals surface area contributed by atoms with Crippen molar-refractivity contribution in [2.24, 2.45) is 0 Å². The monoisotopic (exact) mass is 335 g/mol. The lowest BCUT2D eigenvalue weighted by atomic mass is 10.1. The Kier molecular flexibility index (Phi) is 7.02. The zero-order valence-electron chi connectivity index (χ0n) is 14.2. The number of carbonyl (C=O) groups excluding carboxylic acids is 2. The summed E-state index contributed by atoms with van der Waals surface area (Å²) in [5.41, 5.74) is 1.25. The van der Waals surface area contributed by atoms with Gasteiger partial charge in [0.2, 0.25) is 0 Å². The van der Waals surface area contributed by atoms with Crippen molar-refractivity contribution in [1.82, 2.24) is 10.2 Å². The minimum Gasteiger partial charge on any atom is -0.385 e. The van der Waals surface area contributed by atoms with Crippen molar-refractivity contribution in [2.75, 3.05) is 45.3 Å². The minimum atomic E-state index is -0.272. The lowest BCUT2D eigenvalue weighted by Gasteiger charge is -2.26. The molecular formula is C17H25N3O4. The lowest BCUT2D eigenvalue weighted by Crippen LogP contribution is -2.40. The fourth-order valence-electron chi connectivity index (χ4n) is 2.40. The van der Waals surface area contributed by atoms with Crippen LogP contribution in [0.4, 0.5) is 10.5 Å². The first-order chi connectivity index (χ1) is 11.6. The molecule has 0 aromatic heterocycles. The van der Waals surface area contributed by atoms with Crippen LogP contribution in [0.1, 0.15) is 23.7 Å². The summed E-state index contributed by atoms with van der Waals surface area (Å²) < 4.78 is 10.2. The highest BCUT2D eigenvalue weighted by Gasteiger charge is 2.18. The molecule has 1 aliphatic rings. The Labute approximate surface area is 142 Å². The van der Waals surface area contributed by atoms with Crippen LogP contribution in [0.15, 0.2) is 24.3 Å². The van der Waals surface area contributed by atoms with E-state index in [-0.39, 0.29) is 18.0 Å². The number of nitrogens with one attached hydrogen (secondary N) is 2. The van der Waals surface area contributed by atoms with Crippen LogP contribution in [-0.2, 0) is 9.47 Å². The maximum absolute atomic E-state index is 12.3. The van der Waals surface area contributed by atoms with Crippen molar-refractivity contribution in [3.63, 3.8) is 0 Å². The standard InChI is InChI=1S/C17H25N3O4/c1-13(7-10-23-2)18-17(22)19-15-5-3-14(4-6-15)16(21)20-8-11-24-12-9-20/h3-6,13H,7-12H2,1-2H3,(H2,18,19,22)/t13-/m1/s1. The van der Waals surface area contributed by atoms with E-state index >= 15 is 0 Å². The van der Waals surface area contributed by atoms with Crippen molar-refractivity contribution in [2.45, 2.75) is 19.4 Å². The predicted molar refractivity (Wildman–Crippen MR) is 91.3 cm³/mol. The maximum atomic E-state index is 12.3. The fourth-order valence-corrected chi connectivity index (χ4v) is 2.40. The zero-order valence-corrected chi connectivity index (χ0v) is 14.2. The van der Waals surface area contributed by atoms with Gasteiger partial charge in [-0.3, -0.25) is 4.79 Å². The maximum Gasteiger partial charge on any atom is 0.319 e. The first-order valence-electron chi connectivity index (χ1n) is 8.13. The minimum absolute atomic E-state index is 0.0116. The summed E-state index contributed by atoms with van der Waals surface area (Å²) >= 11 is 0. The molecule has 0 unspecified atom stereocenters. The molecule has 7 nitrogen and oxygen atoms in total. The molecule has 2 N–H and O–H groups in total. The molecule has 1 aromatic carbocycles. The SMILES string of the molecule is COCC[C@@H](C)NC(=O)Nc1ccc(C(=O)N2CCOCC2)cc1. The molecule has 1 fully saturated rings. The van der Waals surface area contributed by atoms with Gasteiger partial charge in [-0.2, -0.15) is 0 Å². The van der Waals surface area contributed by atoms with Gasteiger partial charge in [-0.05, 0) is 37.6 Å². The number of rotatable bonds is 6. The van der Waals surface area contributed by atoms with E-state index in [0.29, 0.717) is 44.2 Å². The Morgan fingerprint density at radius 1 is 1.25 bits per heavy atom. The first kappa shape index (κ1) is 18.2. The topological polar surface area (TPSA) is 79.9 Å². The summed E-state index contributed by atoms with van der Waals surface area (Å²) in [6, 6.07) is 6.65. The van der Waals surface area contributed by atoms with Gasteiger partial charge in [-0.15, -0.1) is 0 Å². The summed E-state index contributed by atoms with van der Waals surface area (Å²) in [6.45, 7) is 4.89. The summed E-state index contributed by atoms with van der Waals surface area (Å²) in [7, 11) is 1.63. The molecule has 0 bridgehead atoms. The van der Waals surface area contributed by atoms with Crippen LogP contribution in [-0.4, -0.2) is 62.9 Å². The van der Waals surface area contributed by atoms with Gasteiger partial charge in [-0.25, -0.2) is 4.79 Å². The number of ether oxygens (including phenoxy) is 2. The largest absolute Gasteiger partial charge is 0.385 e. The van der Waals surface area contributed by atoms with E-state index in [4.69, 9.17) is 9.47 Å². The zero-order chi connectivity index (χ0) is 17.4. The fraction of sp³-hybridized carbons (Fsp3) is 0.529. The number of carbonyl (C=O) groups is 2. The Hall–Kier alpha value is -2.12. The van der Waals surface area contributed by atoms with Crippen molar-refractivity contribution in [3.8, 4) is 0 Å². The molecule has 0 spiro atoms. The van der Waals surface area contributed by atoms with Crippen LogP contribution in [0.2, 0.25) is 0 Å². The van der Waals surface area contributed by atoms with Crippen molar-refractivity contribution < 1.29 is 19.1 Å². The number of anilines is 1. The van der Waals surface area contributed by atoms with Gasteiger partial charge in [0.15, 0.2) is 0 Å². The normalized spacial score (nSPS) is 15.7. The Morgan fingerprint density at radius 2 is 1.92 bits per heavy atom. The van der Waals surface area contributed by atoms with E-state index in [1.54, 1.807) is 36.3 Å². The summed E-state index contributed by atoms with van der Waals surface area (Å²) in [6.07, 6.45) is 0.747. The number of benzene rings is 1. The quantitative estimate of drug-likeness (QED) is 0.829. The smallest absolute Gasteiger partial charge is 0.319 e. The molecule has 7 heteroatoms. The van der Waals surface area contributed by atoms with Crippen LogP contribution in [0.3, 0.4) is 0 Å². The summed E-state index contributed by atoms with van der Waals surface area (Å²) in [5.74, 6) is -0.0116. The predicted octanol–water partition coefficient (Wildman–Crippen LogP) is 1.71. The number of methoxy groups -OCH3 is 1. The van der Waals surface area contributed by atoms with Gasteiger partial charge in [0.05, 0.1) is 13.2 Å². The Bertz CT molecular complexity index is 541. The molecule has 1 saturated heterocycles. The highest BCUT2D eigenvalue weighted by molar-refractivity contribution is 5.95. The number of hydrogen-bond acceptors (Lipinski definition) is 4. The van der Waals surface area contributed by atoms with Crippen molar-refractivity contribution >= 4 is 17.6 Å².